The van der Waals surface area contributed by atoms with Crippen LogP contribution in [-0.2, 0) is 9.59 Å². The lowest BCUT2D eigenvalue weighted by molar-refractivity contribution is -0.120. The highest BCUT2D eigenvalue weighted by Gasteiger charge is 2.29. The first-order valence-corrected chi connectivity index (χ1v) is 10.00. The first kappa shape index (κ1) is 21.0. The molecule has 29 heavy (non-hydrogen) atoms. The number of nitrogens with zero attached hydrogens (tertiary/aromatic N) is 2. The van der Waals surface area contributed by atoms with Gasteiger partial charge in [0.2, 0.25) is 11.8 Å². The second kappa shape index (κ2) is 9.18. The molecule has 1 aliphatic rings. The van der Waals surface area contributed by atoms with Gasteiger partial charge in [0, 0.05) is 24.7 Å². The Hall–Kier alpha value is -2.73. The molecular weight excluding hydrogens is 369 g/mol. The van der Waals surface area contributed by atoms with Gasteiger partial charge in [-0.25, -0.2) is 4.39 Å². The van der Waals surface area contributed by atoms with Crippen molar-refractivity contribution in [2.24, 2.45) is 5.73 Å². The van der Waals surface area contributed by atoms with E-state index in [9.17, 15) is 14.0 Å². The van der Waals surface area contributed by atoms with Gasteiger partial charge in [0.05, 0.1) is 6.54 Å². The van der Waals surface area contributed by atoms with Crippen LogP contribution < -0.4 is 10.6 Å². The number of anilines is 1. The number of benzene rings is 2. The van der Waals surface area contributed by atoms with Crippen LogP contribution in [0, 0.1) is 19.7 Å². The van der Waals surface area contributed by atoms with E-state index in [-0.39, 0.29) is 37.3 Å². The molecule has 1 saturated heterocycles. The molecule has 1 heterocycles. The highest BCUT2D eigenvalue weighted by molar-refractivity contribution is 5.95. The third-order valence-electron chi connectivity index (χ3n) is 5.35. The standard InChI is InChI=1S/C23H28FN3O2/c1-16-12-17(2)14-18(13-16)21-4-3-10-26(21)15-23(29)27(11-9-22(25)28)20-7-5-19(24)6-8-20/h5-8,12-14,21H,3-4,9-11,15H2,1-2H3,(H2,25,28). The first-order chi connectivity index (χ1) is 13.8. The third kappa shape index (κ3) is 5.41. The van der Waals surface area contributed by atoms with Crippen molar-refractivity contribution < 1.29 is 14.0 Å². The van der Waals surface area contributed by atoms with Gasteiger partial charge in [-0.15, -0.1) is 0 Å². The summed E-state index contributed by atoms with van der Waals surface area (Å²) >= 11 is 0. The second-order valence-electron chi connectivity index (χ2n) is 7.79. The average molecular weight is 397 g/mol. The number of rotatable bonds is 7. The molecule has 2 N–H and O–H groups in total. The molecule has 0 aliphatic carbocycles. The minimum Gasteiger partial charge on any atom is -0.370 e. The lowest BCUT2D eigenvalue weighted by atomic mass is 9.99. The zero-order chi connectivity index (χ0) is 21.0. The van der Waals surface area contributed by atoms with E-state index in [0.717, 1.165) is 19.4 Å². The maximum absolute atomic E-state index is 13.3. The van der Waals surface area contributed by atoms with Gasteiger partial charge in [-0.1, -0.05) is 29.3 Å². The number of hydrogen-bond donors (Lipinski definition) is 1. The number of carbonyl (C=O) groups excluding carboxylic acids is 2. The molecule has 1 aliphatic heterocycles. The van der Waals surface area contributed by atoms with Crippen LogP contribution in [0.3, 0.4) is 0 Å². The van der Waals surface area contributed by atoms with Crippen molar-refractivity contribution in [3.63, 3.8) is 0 Å². The fourth-order valence-electron chi connectivity index (χ4n) is 4.10. The molecule has 1 fully saturated rings. The number of primary amides is 1. The summed E-state index contributed by atoms with van der Waals surface area (Å²) in [6.45, 7) is 5.44. The lowest BCUT2D eigenvalue weighted by Gasteiger charge is -2.29. The number of halogens is 1. The Kier molecular flexibility index (Phi) is 6.64. The van der Waals surface area contributed by atoms with Crippen LogP contribution in [0.5, 0.6) is 0 Å². The Bertz CT molecular complexity index is 862. The van der Waals surface area contributed by atoms with E-state index < -0.39 is 5.91 Å². The van der Waals surface area contributed by atoms with Gasteiger partial charge in [-0.3, -0.25) is 14.5 Å². The summed E-state index contributed by atoms with van der Waals surface area (Å²) in [4.78, 5) is 28.1. The van der Waals surface area contributed by atoms with Crippen molar-refractivity contribution in [3.8, 4) is 0 Å². The predicted octanol–water partition coefficient (Wildman–Crippen LogP) is 3.49. The van der Waals surface area contributed by atoms with Crippen LogP contribution in [0.15, 0.2) is 42.5 Å². The van der Waals surface area contributed by atoms with Crippen LogP contribution in [0.25, 0.3) is 0 Å². The molecule has 0 saturated carbocycles. The van der Waals surface area contributed by atoms with Gasteiger partial charge in [-0.05, 0) is 63.1 Å². The minimum absolute atomic E-state index is 0.0591. The van der Waals surface area contributed by atoms with Gasteiger partial charge >= 0.3 is 0 Å². The smallest absolute Gasteiger partial charge is 0.241 e. The summed E-state index contributed by atoms with van der Waals surface area (Å²) in [6, 6.07) is 12.5. The number of amides is 2. The molecule has 0 bridgehead atoms. The lowest BCUT2D eigenvalue weighted by Crippen LogP contribution is -2.41. The van der Waals surface area contributed by atoms with Crippen molar-refractivity contribution in [1.29, 1.82) is 0 Å². The van der Waals surface area contributed by atoms with Crippen molar-refractivity contribution >= 4 is 17.5 Å². The van der Waals surface area contributed by atoms with Crippen molar-refractivity contribution in [3.05, 3.63) is 65.0 Å². The highest BCUT2D eigenvalue weighted by Crippen LogP contribution is 2.33. The molecule has 2 aromatic rings. The van der Waals surface area contributed by atoms with E-state index in [4.69, 9.17) is 5.73 Å². The maximum atomic E-state index is 13.3. The molecule has 0 spiro atoms. The normalized spacial score (nSPS) is 16.7. The molecule has 154 valence electrons. The average Bonchev–Trinajstić information content (AvgIpc) is 3.10. The molecular formula is C23H28FN3O2. The molecule has 1 atom stereocenters. The van der Waals surface area contributed by atoms with Crippen molar-refractivity contribution in [1.82, 2.24) is 4.90 Å². The molecule has 3 rings (SSSR count). The highest BCUT2D eigenvalue weighted by atomic mass is 19.1. The molecule has 2 amide bonds. The first-order valence-electron chi connectivity index (χ1n) is 10.00. The summed E-state index contributed by atoms with van der Waals surface area (Å²) in [5.41, 5.74) is 9.52. The number of nitrogens with two attached hydrogens (primary N) is 1. The Morgan fingerprint density at radius 1 is 1.14 bits per heavy atom. The zero-order valence-electron chi connectivity index (χ0n) is 17.0. The number of carbonyl (C=O) groups is 2. The minimum atomic E-state index is -0.473. The number of hydrogen-bond acceptors (Lipinski definition) is 3. The van der Waals surface area contributed by atoms with E-state index >= 15 is 0 Å². The fraction of sp³-hybridized carbons (Fsp3) is 0.391. The Morgan fingerprint density at radius 3 is 2.41 bits per heavy atom. The molecule has 1 unspecified atom stereocenters. The monoisotopic (exact) mass is 397 g/mol. The summed E-state index contributed by atoms with van der Waals surface area (Å²) in [5.74, 6) is -0.959. The molecule has 0 radical (unpaired) electrons. The number of likely N-dealkylation sites (tertiary alicyclic amines) is 1. The van der Waals surface area contributed by atoms with Gasteiger partial charge in [-0.2, -0.15) is 0 Å². The summed E-state index contributed by atoms with van der Waals surface area (Å²) in [5, 5.41) is 0. The molecule has 0 aromatic heterocycles. The third-order valence-corrected chi connectivity index (χ3v) is 5.35. The Balaban J connectivity index is 1.78. The van der Waals surface area contributed by atoms with Gasteiger partial charge < -0.3 is 10.6 Å². The summed E-state index contributed by atoms with van der Waals surface area (Å²) in [6.07, 6.45) is 2.10. The largest absolute Gasteiger partial charge is 0.370 e. The van der Waals surface area contributed by atoms with E-state index in [0.29, 0.717) is 5.69 Å². The molecule has 6 heteroatoms. The maximum Gasteiger partial charge on any atom is 0.241 e. The van der Waals surface area contributed by atoms with E-state index in [1.807, 2.05) is 0 Å². The van der Waals surface area contributed by atoms with Crippen molar-refractivity contribution in [2.75, 3.05) is 24.5 Å². The fourth-order valence-corrected chi connectivity index (χ4v) is 4.10. The van der Waals surface area contributed by atoms with Gasteiger partial charge in [0.15, 0.2) is 0 Å². The van der Waals surface area contributed by atoms with Crippen LogP contribution in [-0.4, -0.2) is 36.3 Å². The Morgan fingerprint density at radius 2 is 1.79 bits per heavy atom. The quantitative estimate of drug-likeness (QED) is 0.778. The SMILES string of the molecule is Cc1cc(C)cc(C2CCCN2CC(=O)N(CCC(N)=O)c2ccc(F)cc2)c1. The summed E-state index contributed by atoms with van der Waals surface area (Å²) in [7, 11) is 0. The second-order valence-corrected chi connectivity index (χ2v) is 7.79. The Labute approximate surface area is 171 Å². The number of aryl methyl sites for hydroxylation is 2. The topological polar surface area (TPSA) is 66.6 Å². The van der Waals surface area contributed by atoms with Gasteiger partial charge in [0.25, 0.3) is 0 Å². The molecule has 2 aromatic carbocycles. The summed E-state index contributed by atoms with van der Waals surface area (Å²) < 4.78 is 13.3. The van der Waals surface area contributed by atoms with E-state index in [2.05, 4.69) is 36.9 Å². The van der Waals surface area contributed by atoms with Crippen LogP contribution in [0.2, 0.25) is 0 Å². The van der Waals surface area contributed by atoms with Crippen LogP contribution >= 0.6 is 0 Å². The van der Waals surface area contributed by atoms with E-state index in [1.54, 1.807) is 12.1 Å². The zero-order valence-corrected chi connectivity index (χ0v) is 17.0. The van der Waals surface area contributed by atoms with Crippen LogP contribution in [0.4, 0.5) is 10.1 Å². The van der Waals surface area contributed by atoms with Gasteiger partial charge in [0.1, 0.15) is 5.82 Å². The predicted molar refractivity (Wildman–Crippen MR) is 112 cm³/mol. The van der Waals surface area contributed by atoms with E-state index in [1.165, 1.54) is 33.7 Å². The van der Waals surface area contributed by atoms with Crippen LogP contribution in [0.1, 0.15) is 42.0 Å². The van der Waals surface area contributed by atoms with Crippen molar-refractivity contribution in [2.45, 2.75) is 39.2 Å². The molecule has 5 nitrogen and oxygen atoms in total.